The van der Waals surface area contributed by atoms with Gasteiger partial charge in [0, 0.05) is 12.2 Å². The van der Waals surface area contributed by atoms with Gasteiger partial charge in [-0.1, -0.05) is 30.3 Å². The summed E-state index contributed by atoms with van der Waals surface area (Å²) in [5, 5.41) is 10.5. The van der Waals surface area contributed by atoms with E-state index in [1.165, 1.54) is 5.39 Å². The Hall–Kier alpha value is -1.59. The zero-order valence-electron chi connectivity index (χ0n) is 9.96. The van der Waals surface area contributed by atoms with E-state index in [0.29, 0.717) is 13.0 Å². The van der Waals surface area contributed by atoms with Gasteiger partial charge in [0.05, 0.1) is 5.75 Å². The molecule has 5 heteroatoms. The van der Waals surface area contributed by atoms with Gasteiger partial charge in [-0.3, -0.25) is 0 Å². The van der Waals surface area contributed by atoms with Gasteiger partial charge in [0.15, 0.2) is 0 Å². The van der Waals surface area contributed by atoms with Gasteiger partial charge in [0.1, 0.15) is 0 Å². The van der Waals surface area contributed by atoms with Crippen LogP contribution in [0, 0.1) is 0 Å². The van der Waals surface area contributed by atoms with Crippen LogP contribution in [-0.2, 0) is 10.0 Å². The van der Waals surface area contributed by atoms with Gasteiger partial charge in [-0.2, -0.15) is 0 Å². The van der Waals surface area contributed by atoms with Crippen molar-refractivity contribution in [3.8, 4) is 0 Å². The lowest BCUT2D eigenvalue weighted by molar-refractivity contribution is 0.596. The maximum Gasteiger partial charge on any atom is 0.209 e. The molecule has 0 aliphatic carbocycles. The van der Waals surface area contributed by atoms with E-state index in [1.54, 1.807) is 0 Å². The molecule has 0 bridgehead atoms. The number of sulfonamides is 1. The van der Waals surface area contributed by atoms with Crippen molar-refractivity contribution in [3.05, 3.63) is 42.5 Å². The third-order valence-corrected chi connectivity index (χ3v) is 3.54. The molecule has 3 N–H and O–H groups in total. The Morgan fingerprint density at radius 3 is 2.50 bits per heavy atom. The molecule has 2 aromatic rings. The predicted molar refractivity (Wildman–Crippen MR) is 75.0 cm³/mol. The van der Waals surface area contributed by atoms with E-state index in [4.69, 9.17) is 5.14 Å². The van der Waals surface area contributed by atoms with Crippen LogP contribution >= 0.6 is 0 Å². The molecule has 0 aliphatic rings. The van der Waals surface area contributed by atoms with Crippen LogP contribution in [0.25, 0.3) is 10.8 Å². The highest BCUT2D eigenvalue weighted by Gasteiger charge is 2.01. The quantitative estimate of drug-likeness (QED) is 0.810. The fraction of sp³-hybridized carbons (Fsp3) is 0.231. The lowest BCUT2D eigenvalue weighted by Crippen LogP contribution is -2.18. The van der Waals surface area contributed by atoms with Crippen molar-refractivity contribution in [1.29, 1.82) is 0 Å². The van der Waals surface area contributed by atoms with Gasteiger partial charge in [0.25, 0.3) is 0 Å². The van der Waals surface area contributed by atoms with Crippen LogP contribution in [0.5, 0.6) is 0 Å². The summed E-state index contributed by atoms with van der Waals surface area (Å²) in [6.07, 6.45) is 0.506. The molecule has 2 rings (SSSR count). The summed E-state index contributed by atoms with van der Waals surface area (Å²) < 4.78 is 21.5. The maximum absolute atomic E-state index is 10.8. The molecule has 0 atom stereocenters. The van der Waals surface area contributed by atoms with Crippen LogP contribution in [0.4, 0.5) is 5.69 Å². The van der Waals surface area contributed by atoms with Crippen LogP contribution in [0.1, 0.15) is 6.42 Å². The predicted octanol–water partition coefficient (Wildman–Crippen LogP) is 1.93. The highest BCUT2D eigenvalue weighted by atomic mass is 32.2. The van der Waals surface area contributed by atoms with Crippen molar-refractivity contribution >= 4 is 26.5 Å². The number of anilines is 1. The minimum absolute atomic E-state index is 0.00752. The molecule has 0 amide bonds. The average Bonchev–Trinajstić information content (AvgIpc) is 2.33. The van der Waals surface area contributed by atoms with Gasteiger partial charge < -0.3 is 5.32 Å². The van der Waals surface area contributed by atoms with Gasteiger partial charge in [0.2, 0.25) is 10.0 Å². The van der Waals surface area contributed by atoms with E-state index in [-0.39, 0.29) is 5.75 Å². The molecular weight excluding hydrogens is 248 g/mol. The van der Waals surface area contributed by atoms with Gasteiger partial charge in [-0.15, -0.1) is 0 Å². The zero-order valence-corrected chi connectivity index (χ0v) is 10.8. The minimum Gasteiger partial charge on any atom is -0.385 e. The molecule has 4 nitrogen and oxygen atoms in total. The molecule has 0 saturated heterocycles. The average molecular weight is 264 g/mol. The van der Waals surface area contributed by atoms with Crippen LogP contribution < -0.4 is 10.5 Å². The second-order valence-electron chi connectivity index (χ2n) is 4.21. The summed E-state index contributed by atoms with van der Waals surface area (Å²) in [6, 6.07) is 14.2. The molecule has 0 radical (unpaired) electrons. The zero-order chi connectivity index (χ0) is 13.0. The Morgan fingerprint density at radius 1 is 1.06 bits per heavy atom. The van der Waals surface area contributed by atoms with Crippen LogP contribution in [0.2, 0.25) is 0 Å². The molecule has 0 aliphatic heterocycles. The Kier molecular flexibility index (Phi) is 3.84. The molecule has 0 saturated carbocycles. The second-order valence-corrected chi connectivity index (χ2v) is 5.94. The molecular formula is C13H16N2O2S. The Balaban J connectivity index is 1.96. The van der Waals surface area contributed by atoms with Crippen molar-refractivity contribution in [1.82, 2.24) is 0 Å². The van der Waals surface area contributed by atoms with E-state index in [2.05, 4.69) is 11.4 Å². The normalized spacial score (nSPS) is 11.6. The Bertz CT molecular complexity index is 638. The molecule has 0 aromatic heterocycles. The smallest absolute Gasteiger partial charge is 0.209 e. The van der Waals surface area contributed by atoms with Crippen LogP contribution in [0.15, 0.2) is 42.5 Å². The SMILES string of the molecule is NS(=O)(=O)CCCNc1ccc2ccccc2c1. The number of hydrogen-bond donors (Lipinski definition) is 2. The van der Waals surface area contributed by atoms with Crippen LogP contribution in [0.3, 0.4) is 0 Å². The molecule has 18 heavy (non-hydrogen) atoms. The third-order valence-electron chi connectivity index (χ3n) is 2.68. The summed E-state index contributed by atoms with van der Waals surface area (Å²) in [5.74, 6) is 0.00752. The molecule has 0 unspecified atom stereocenters. The lowest BCUT2D eigenvalue weighted by atomic mass is 10.1. The summed E-state index contributed by atoms with van der Waals surface area (Å²) in [4.78, 5) is 0. The van der Waals surface area contributed by atoms with E-state index in [9.17, 15) is 8.42 Å². The minimum atomic E-state index is -3.35. The number of nitrogens with two attached hydrogens (primary N) is 1. The number of nitrogens with one attached hydrogen (secondary N) is 1. The first-order valence-electron chi connectivity index (χ1n) is 5.78. The fourth-order valence-electron chi connectivity index (χ4n) is 1.81. The van der Waals surface area contributed by atoms with Crippen molar-refractivity contribution < 1.29 is 8.42 Å². The van der Waals surface area contributed by atoms with E-state index in [1.807, 2.05) is 36.4 Å². The molecule has 0 spiro atoms. The van der Waals surface area contributed by atoms with Gasteiger partial charge in [-0.05, 0) is 29.3 Å². The van der Waals surface area contributed by atoms with Crippen molar-refractivity contribution in [2.75, 3.05) is 17.6 Å². The van der Waals surface area contributed by atoms with Gasteiger partial charge in [-0.25, -0.2) is 13.6 Å². The van der Waals surface area contributed by atoms with E-state index >= 15 is 0 Å². The van der Waals surface area contributed by atoms with Crippen molar-refractivity contribution in [2.45, 2.75) is 6.42 Å². The number of primary sulfonamides is 1. The molecule has 0 fully saturated rings. The maximum atomic E-state index is 10.8. The monoisotopic (exact) mass is 264 g/mol. The van der Waals surface area contributed by atoms with Crippen molar-refractivity contribution in [3.63, 3.8) is 0 Å². The standard InChI is InChI=1S/C13H16N2O2S/c14-18(16,17)9-3-8-15-13-7-6-11-4-1-2-5-12(11)10-13/h1-2,4-7,10,15H,3,8-9H2,(H2,14,16,17). The first-order chi connectivity index (χ1) is 8.54. The molecule has 0 heterocycles. The highest BCUT2D eigenvalue weighted by Crippen LogP contribution is 2.18. The third kappa shape index (κ3) is 3.72. The van der Waals surface area contributed by atoms with E-state index in [0.717, 1.165) is 11.1 Å². The second kappa shape index (κ2) is 5.37. The Morgan fingerprint density at radius 2 is 1.78 bits per heavy atom. The van der Waals surface area contributed by atoms with Crippen molar-refractivity contribution in [2.24, 2.45) is 5.14 Å². The topological polar surface area (TPSA) is 72.2 Å². The Labute approximate surface area is 107 Å². The first-order valence-corrected chi connectivity index (χ1v) is 7.49. The summed E-state index contributed by atoms with van der Waals surface area (Å²) >= 11 is 0. The molecule has 96 valence electrons. The number of hydrogen-bond acceptors (Lipinski definition) is 3. The largest absolute Gasteiger partial charge is 0.385 e. The van der Waals surface area contributed by atoms with Gasteiger partial charge >= 0.3 is 0 Å². The van der Waals surface area contributed by atoms with E-state index < -0.39 is 10.0 Å². The van der Waals surface area contributed by atoms with Crippen LogP contribution in [-0.4, -0.2) is 20.7 Å². The summed E-state index contributed by atoms with van der Waals surface area (Å²) in [5.41, 5.74) is 0.989. The lowest BCUT2D eigenvalue weighted by Gasteiger charge is -2.07. The number of benzene rings is 2. The highest BCUT2D eigenvalue weighted by molar-refractivity contribution is 7.89. The first kappa shape index (κ1) is 12.9. The number of rotatable bonds is 5. The fourth-order valence-corrected chi connectivity index (χ4v) is 2.35. The molecule has 2 aromatic carbocycles. The number of fused-ring (bicyclic) bond motifs is 1. The summed E-state index contributed by atoms with van der Waals surface area (Å²) in [7, 11) is -3.35. The summed E-state index contributed by atoms with van der Waals surface area (Å²) in [6.45, 7) is 0.592.